The molecule has 0 aliphatic heterocycles. The summed E-state index contributed by atoms with van der Waals surface area (Å²) in [6.45, 7) is 2.30. The lowest BCUT2D eigenvalue weighted by molar-refractivity contribution is 0.578. The molecule has 0 bridgehead atoms. The van der Waals surface area contributed by atoms with Crippen LogP contribution in [0.2, 0.25) is 0 Å². The molecule has 0 unspecified atom stereocenters. The SMILES string of the molecule is Cc1ccccc1CCNS(=O)(=O)c1ncccc1NN. The highest BCUT2D eigenvalue weighted by Gasteiger charge is 2.19. The van der Waals surface area contributed by atoms with Crippen LogP contribution in [0.5, 0.6) is 0 Å². The van der Waals surface area contributed by atoms with Crippen molar-refractivity contribution in [3.8, 4) is 0 Å². The molecule has 1 aromatic heterocycles. The number of nitrogens with zero attached hydrogens (tertiary/aromatic N) is 1. The first-order valence-corrected chi connectivity index (χ1v) is 7.99. The Morgan fingerprint density at radius 3 is 2.67 bits per heavy atom. The molecule has 1 heterocycles. The van der Waals surface area contributed by atoms with Crippen molar-refractivity contribution in [2.75, 3.05) is 12.0 Å². The van der Waals surface area contributed by atoms with Crippen LogP contribution in [0.4, 0.5) is 5.69 Å². The summed E-state index contributed by atoms with van der Waals surface area (Å²) in [5, 5.41) is -0.0997. The molecule has 2 aromatic rings. The number of hydrogen-bond donors (Lipinski definition) is 3. The normalized spacial score (nSPS) is 11.3. The third kappa shape index (κ3) is 3.78. The molecule has 0 aliphatic rings. The maximum Gasteiger partial charge on any atom is 0.260 e. The van der Waals surface area contributed by atoms with Crippen LogP contribution in [0.25, 0.3) is 0 Å². The number of pyridine rings is 1. The van der Waals surface area contributed by atoms with Crippen LogP contribution in [0.15, 0.2) is 47.6 Å². The Hall–Kier alpha value is -1.96. The largest absolute Gasteiger partial charge is 0.321 e. The van der Waals surface area contributed by atoms with E-state index in [1.807, 2.05) is 31.2 Å². The number of hydrazine groups is 1. The Kier molecular flexibility index (Phi) is 4.89. The van der Waals surface area contributed by atoms with E-state index in [2.05, 4.69) is 15.1 Å². The van der Waals surface area contributed by atoms with Crippen molar-refractivity contribution in [1.82, 2.24) is 9.71 Å². The number of anilines is 1. The standard InChI is InChI=1S/C14H18N4O2S/c1-11-5-2-3-6-12(11)8-10-17-21(19,20)14-13(18-15)7-4-9-16-14/h2-7,9,17-18H,8,10,15H2,1H3. The number of aromatic nitrogens is 1. The van der Waals surface area contributed by atoms with Crippen LogP contribution < -0.4 is 16.0 Å². The van der Waals surface area contributed by atoms with Crippen molar-refractivity contribution in [3.05, 3.63) is 53.7 Å². The average molecular weight is 306 g/mol. The first-order valence-electron chi connectivity index (χ1n) is 6.50. The lowest BCUT2D eigenvalue weighted by Gasteiger charge is -2.10. The van der Waals surface area contributed by atoms with Crippen LogP contribution in [0.1, 0.15) is 11.1 Å². The molecule has 0 fully saturated rings. The summed E-state index contributed by atoms with van der Waals surface area (Å²) >= 11 is 0. The summed E-state index contributed by atoms with van der Waals surface area (Å²) in [6.07, 6.45) is 2.03. The van der Waals surface area contributed by atoms with E-state index in [1.54, 1.807) is 12.1 Å². The molecule has 0 spiro atoms. The van der Waals surface area contributed by atoms with Gasteiger partial charge in [-0.1, -0.05) is 24.3 Å². The molecule has 0 amide bonds. The van der Waals surface area contributed by atoms with Crippen molar-refractivity contribution in [1.29, 1.82) is 0 Å². The van der Waals surface area contributed by atoms with E-state index in [-0.39, 0.29) is 10.7 Å². The Labute approximate surface area is 124 Å². The van der Waals surface area contributed by atoms with Crippen LogP contribution in [0.3, 0.4) is 0 Å². The maximum absolute atomic E-state index is 12.2. The Morgan fingerprint density at radius 2 is 1.95 bits per heavy atom. The average Bonchev–Trinajstić information content (AvgIpc) is 2.49. The zero-order valence-electron chi connectivity index (χ0n) is 11.7. The summed E-state index contributed by atoms with van der Waals surface area (Å²) in [5.74, 6) is 5.30. The second-order valence-corrected chi connectivity index (χ2v) is 6.26. The molecule has 0 aliphatic carbocycles. The highest BCUT2D eigenvalue weighted by molar-refractivity contribution is 7.89. The number of nitrogens with two attached hydrogens (primary N) is 1. The molecule has 0 atom stereocenters. The number of sulfonamides is 1. The van der Waals surface area contributed by atoms with Gasteiger partial charge >= 0.3 is 0 Å². The molecule has 0 saturated heterocycles. The predicted octanol–water partition coefficient (Wildman–Crippen LogP) is 1.20. The van der Waals surface area contributed by atoms with Crippen LogP contribution in [-0.4, -0.2) is 19.9 Å². The fourth-order valence-corrected chi connectivity index (χ4v) is 3.12. The molecular formula is C14H18N4O2S. The summed E-state index contributed by atoms with van der Waals surface area (Å²) in [6, 6.07) is 11.0. The van der Waals surface area contributed by atoms with E-state index in [9.17, 15) is 8.42 Å². The third-order valence-electron chi connectivity index (χ3n) is 3.13. The second kappa shape index (κ2) is 6.66. The molecule has 0 radical (unpaired) electrons. The zero-order chi connectivity index (χ0) is 15.3. The summed E-state index contributed by atoms with van der Waals surface area (Å²) < 4.78 is 27.0. The molecular weight excluding hydrogens is 288 g/mol. The summed E-state index contributed by atoms with van der Waals surface area (Å²) in [5.41, 5.74) is 4.85. The van der Waals surface area contributed by atoms with Gasteiger partial charge in [0.15, 0.2) is 5.03 Å². The van der Waals surface area contributed by atoms with Gasteiger partial charge in [-0.15, -0.1) is 0 Å². The minimum atomic E-state index is -3.69. The highest BCUT2D eigenvalue weighted by atomic mass is 32.2. The number of aryl methyl sites for hydroxylation is 1. The number of hydrogen-bond acceptors (Lipinski definition) is 5. The molecule has 0 saturated carbocycles. The van der Waals surface area contributed by atoms with Gasteiger partial charge in [0, 0.05) is 12.7 Å². The first kappa shape index (κ1) is 15.4. The minimum Gasteiger partial charge on any atom is -0.321 e. The van der Waals surface area contributed by atoms with Gasteiger partial charge in [0.2, 0.25) is 0 Å². The van der Waals surface area contributed by atoms with E-state index in [0.29, 0.717) is 13.0 Å². The van der Waals surface area contributed by atoms with Gasteiger partial charge in [0.25, 0.3) is 10.0 Å². The number of benzene rings is 1. The molecule has 6 nitrogen and oxygen atoms in total. The topological polar surface area (TPSA) is 97.1 Å². The molecule has 112 valence electrons. The fourth-order valence-electron chi connectivity index (χ4n) is 1.99. The molecule has 4 N–H and O–H groups in total. The Bertz CT molecular complexity index is 716. The monoisotopic (exact) mass is 306 g/mol. The van der Waals surface area contributed by atoms with Crippen LogP contribution in [-0.2, 0) is 16.4 Å². The number of nitrogen functional groups attached to an aromatic ring is 1. The molecule has 2 rings (SSSR count). The van der Waals surface area contributed by atoms with Crippen molar-refractivity contribution < 1.29 is 8.42 Å². The lowest BCUT2D eigenvalue weighted by Crippen LogP contribution is -2.28. The number of rotatable bonds is 6. The third-order valence-corrected chi connectivity index (χ3v) is 4.55. The fraction of sp³-hybridized carbons (Fsp3) is 0.214. The second-order valence-electron chi connectivity index (χ2n) is 4.57. The Balaban J connectivity index is 2.07. The van der Waals surface area contributed by atoms with E-state index in [1.165, 1.54) is 6.20 Å². The van der Waals surface area contributed by atoms with Gasteiger partial charge in [0.05, 0.1) is 5.69 Å². The molecule has 7 heteroatoms. The molecule has 1 aromatic carbocycles. The minimum absolute atomic E-state index is 0.0997. The van der Waals surface area contributed by atoms with Gasteiger partial charge in [0.1, 0.15) is 0 Å². The van der Waals surface area contributed by atoms with Crippen molar-refractivity contribution in [3.63, 3.8) is 0 Å². The van der Waals surface area contributed by atoms with Crippen LogP contribution >= 0.6 is 0 Å². The van der Waals surface area contributed by atoms with Gasteiger partial charge in [-0.05, 0) is 36.6 Å². The quantitative estimate of drug-likeness (QED) is 0.550. The highest BCUT2D eigenvalue weighted by Crippen LogP contribution is 2.16. The van der Waals surface area contributed by atoms with E-state index in [0.717, 1.165) is 11.1 Å². The maximum atomic E-state index is 12.2. The smallest absolute Gasteiger partial charge is 0.260 e. The van der Waals surface area contributed by atoms with Crippen molar-refractivity contribution >= 4 is 15.7 Å². The zero-order valence-corrected chi connectivity index (χ0v) is 12.5. The van der Waals surface area contributed by atoms with Crippen molar-refractivity contribution in [2.45, 2.75) is 18.4 Å². The number of nitrogens with one attached hydrogen (secondary N) is 2. The van der Waals surface area contributed by atoms with Crippen molar-refractivity contribution in [2.24, 2.45) is 5.84 Å². The Morgan fingerprint density at radius 1 is 1.19 bits per heavy atom. The summed E-state index contributed by atoms with van der Waals surface area (Å²) in [7, 11) is -3.69. The van der Waals surface area contributed by atoms with Gasteiger partial charge < -0.3 is 5.43 Å². The lowest BCUT2D eigenvalue weighted by atomic mass is 10.1. The van der Waals surface area contributed by atoms with E-state index < -0.39 is 10.0 Å². The van der Waals surface area contributed by atoms with Gasteiger partial charge in [-0.3, -0.25) is 5.84 Å². The van der Waals surface area contributed by atoms with E-state index >= 15 is 0 Å². The summed E-state index contributed by atoms with van der Waals surface area (Å²) in [4.78, 5) is 3.87. The first-order chi connectivity index (χ1) is 10.0. The van der Waals surface area contributed by atoms with E-state index in [4.69, 9.17) is 5.84 Å². The molecule has 21 heavy (non-hydrogen) atoms. The van der Waals surface area contributed by atoms with Crippen LogP contribution in [0, 0.1) is 6.92 Å². The van der Waals surface area contributed by atoms with Gasteiger partial charge in [-0.25, -0.2) is 18.1 Å². The predicted molar refractivity (Wildman–Crippen MR) is 82.1 cm³/mol. The van der Waals surface area contributed by atoms with Gasteiger partial charge in [-0.2, -0.15) is 0 Å².